The zero-order chi connectivity index (χ0) is 9.10. The van der Waals surface area contributed by atoms with Crippen LogP contribution in [0.2, 0.25) is 0 Å². The monoisotopic (exact) mass is 172 g/mol. The lowest BCUT2D eigenvalue weighted by molar-refractivity contribution is 0.887. The summed E-state index contributed by atoms with van der Waals surface area (Å²) in [5.41, 5.74) is 7.73. The molecule has 1 heterocycles. The van der Waals surface area contributed by atoms with Crippen molar-refractivity contribution in [3.63, 3.8) is 0 Å². The summed E-state index contributed by atoms with van der Waals surface area (Å²) in [4.78, 5) is 4.04. The Bertz CT molecular complexity index is 336. The van der Waals surface area contributed by atoms with Crippen LogP contribution >= 0.6 is 0 Å². The highest BCUT2D eigenvalue weighted by Crippen LogP contribution is 2.23. The van der Waals surface area contributed by atoms with E-state index < -0.39 is 0 Å². The van der Waals surface area contributed by atoms with E-state index in [4.69, 9.17) is 5.73 Å². The van der Waals surface area contributed by atoms with Crippen LogP contribution in [-0.4, -0.2) is 6.21 Å². The van der Waals surface area contributed by atoms with Gasteiger partial charge in [-0.2, -0.15) is 0 Å². The lowest BCUT2D eigenvalue weighted by atomic mass is 9.95. The number of anilines is 1. The van der Waals surface area contributed by atoms with Gasteiger partial charge < -0.3 is 5.73 Å². The molecule has 0 aromatic heterocycles. The lowest BCUT2D eigenvalue weighted by Gasteiger charge is -2.12. The molecule has 0 saturated heterocycles. The van der Waals surface area contributed by atoms with E-state index in [1.807, 2.05) is 24.5 Å². The molecule has 0 bridgehead atoms. The van der Waals surface area contributed by atoms with Crippen molar-refractivity contribution in [2.24, 2.45) is 4.99 Å². The third-order valence-electron chi connectivity index (χ3n) is 2.23. The average Bonchev–Trinajstić information content (AvgIpc) is 2.20. The number of nitrogens with two attached hydrogens (primary N) is 1. The Morgan fingerprint density at radius 3 is 2.62 bits per heavy atom. The minimum absolute atomic E-state index is 0.470. The summed E-state index contributed by atoms with van der Waals surface area (Å²) in [5.74, 6) is 0.470. The molecule has 1 aromatic rings. The molecule has 1 aliphatic rings. The van der Waals surface area contributed by atoms with Gasteiger partial charge in [-0.05, 0) is 24.1 Å². The van der Waals surface area contributed by atoms with Gasteiger partial charge in [0.25, 0.3) is 0 Å². The van der Waals surface area contributed by atoms with Gasteiger partial charge in [0, 0.05) is 24.0 Å². The second-order valence-electron chi connectivity index (χ2n) is 3.18. The number of benzene rings is 1. The summed E-state index contributed by atoms with van der Waals surface area (Å²) in [6, 6.07) is 8.02. The fourth-order valence-electron chi connectivity index (χ4n) is 1.46. The first-order chi connectivity index (χ1) is 6.36. The maximum Gasteiger partial charge on any atom is 0.0314 e. The van der Waals surface area contributed by atoms with Crippen LogP contribution in [-0.2, 0) is 0 Å². The molecule has 0 radical (unpaired) electrons. The average molecular weight is 172 g/mol. The van der Waals surface area contributed by atoms with E-state index >= 15 is 0 Å². The predicted octanol–water partition coefficient (Wildman–Crippen LogP) is 2.34. The number of allylic oxidation sites excluding steroid dienone is 1. The molecule has 2 heteroatoms. The van der Waals surface area contributed by atoms with Gasteiger partial charge in [0.2, 0.25) is 0 Å². The molecule has 2 N–H and O–H groups in total. The molecule has 66 valence electrons. The number of hydrogen-bond donors (Lipinski definition) is 1. The summed E-state index contributed by atoms with van der Waals surface area (Å²) < 4.78 is 0. The smallest absolute Gasteiger partial charge is 0.0314 e. The Hall–Kier alpha value is -1.57. The number of aliphatic imine (C=N–C) groups is 1. The first-order valence-electron chi connectivity index (χ1n) is 4.40. The van der Waals surface area contributed by atoms with Crippen LogP contribution in [0.3, 0.4) is 0 Å². The Labute approximate surface area is 77.8 Å². The molecular weight excluding hydrogens is 160 g/mol. The third-order valence-corrected chi connectivity index (χ3v) is 2.23. The van der Waals surface area contributed by atoms with Crippen molar-refractivity contribution < 1.29 is 0 Å². The molecule has 13 heavy (non-hydrogen) atoms. The number of nitrogens with zero attached hydrogens (tertiary/aromatic N) is 1. The second-order valence-corrected chi connectivity index (χ2v) is 3.18. The second kappa shape index (κ2) is 3.44. The Morgan fingerprint density at radius 1 is 1.23 bits per heavy atom. The summed E-state index contributed by atoms with van der Waals surface area (Å²) in [6.07, 6.45) is 6.90. The molecule has 0 amide bonds. The van der Waals surface area contributed by atoms with E-state index in [1.165, 1.54) is 5.56 Å². The molecule has 0 unspecified atom stereocenters. The third kappa shape index (κ3) is 1.78. The zero-order valence-corrected chi connectivity index (χ0v) is 7.35. The molecule has 1 aromatic carbocycles. The number of rotatable bonds is 1. The summed E-state index contributed by atoms with van der Waals surface area (Å²) >= 11 is 0. The van der Waals surface area contributed by atoms with Crippen molar-refractivity contribution in [1.29, 1.82) is 0 Å². The standard InChI is InChI=1S/C11H12N2/c12-11-3-1-9(2-4-11)10-5-7-13-8-6-10/h1-5,7-8,10H,6,12H2/t10-/m0/s1. The largest absolute Gasteiger partial charge is 0.399 e. The van der Waals surface area contributed by atoms with Crippen molar-refractivity contribution in [1.82, 2.24) is 0 Å². The first kappa shape index (κ1) is 8.05. The fourth-order valence-corrected chi connectivity index (χ4v) is 1.46. The van der Waals surface area contributed by atoms with Crippen LogP contribution in [0.15, 0.2) is 41.5 Å². The van der Waals surface area contributed by atoms with Crippen molar-refractivity contribution in [3.8, 4) is 0 Å². The maximum atomic E-state index is 5.61. The summed E-state index contributed by atoms with van der Waals surface area (Å²) in [5, 5.41) is 0. The van der Waals surface area contributed by atoms with E-state index in [2.05, 4.69) is 23.2 Å². The SMILES string of the molecule is Nc1ccc([C@H]2C=CN=CC2)cc1. The van der Waals surface area contributed by atoms with Crippen molar-refractivity contribution in [2.45, 2.75) is 12.3 Å². The van der Waals surface area contributed by atoms with Crippen LogP contribution in [0.4, 0.5) is 5.69 Å². The summed E-state index contributed by atoms with van der Waals surface area (Å²) in [6.45, 7) is 0. The van der Waals surface area contributed by atoms with Crippen LogP contribution < -0.4 is 5.73 Å². The van der Waals surface area contributed by atoms with Gasteiger partial charge in [-0.3, -0.25) is 4.99 Å². The van der Waals surface area contributed by atoms with E-state index in [0.717, 1.165) is 12.1 Å². The predicted molar refractivity (Wildman–Crippen MR) is 55.8 cm³/mol. The highest BCUT2D eigenvalue weighted by Gasteiger charge is 2.07. The van der Waals surface area contributed by atoms with E-state index in [0.29, 0.717) is 5.92 Å². The minimum Gasteiger partial charge on any atom is -0.399 e. The first-order valence-corrected chi connectivity index (χ1v) is 4.40. The minimum atomic E-state index is 0.470. The van der Waals surface area contributed by atoms with Crippen molar-refractivity contribution in [3.05, 3.63) is 42.1 Å². The summed E-state index contributed by atoms with van der Waals surface area (Å²) in [7, 11) is 0. The molecule has 0 aliphatic carbocycles. The Balaban J connectivity index is 2.21. The highest BCUT2D eigenvalue weighted by atomic mass is 14.7. The van der Waals surface area contributed by atoms with Crippen LogP contribution in [0.5, 0.6) is 0 Å². The quantitative estimate of drug-likeness (QED) is 0.649. The van der Waals surface area contributed by atoms with Crippen molar-refractivity contribution >= 4 is 11.9 Å². The van der Waals surface area contributed by atoms with Gasteiger partial charge >= 0.3 is 0 Å². The fraction of sp³-hybridized carbons (Fsp3) is 0.182. The normalized spacial score (nSPS) is 20.5. The van der Waals surface area contributed by atoms with E-state index in [-0.39, 0.29) is 0 Å². The molecule has 1 atom stereocenters. The Morgan fingerprint density at radius 2 is 2.00 bits per heavy atom. The maximum absolute atomic E-state index is 5.61. The van der Waals surface area contributed by atoms with Gasteiger partial charge in [0.1, 0.15) is 0 Å². The molecule has 2 rings (SSSR count). The van der Waals surface area contributed by atoms with Gasteiger partial charge in [-0.25, -0.2) is 0 Å². The van der Waals surface area contributed by atoms with Crippen molar-refractivity contribution in [2.75, 3.05) is 5.73 Å². The molecule has 0 fully saturated rings. The molecular formula is C11H12N2. The van der Waals surface area contributed by atoms with Gasteiger partial charge in [0.15, 0.2) is 0 Å². The highest BCUT2D eigenvalue weighted by molar-refractivity contribution is 5.62. The van der Waals surface area contributed by atoms with Gasteiger partial charge in [-0.15, -0.1) is 0 Å². The number of hydrogen-bond acceptors (Lipinski definition) is 2. The molecule has 0 spiro atoms. The topological polar surface area (TPSA) is 38.4 Å². The van der Waals surface area contributed by atoms with Crippen LogP contribution in [0, 0.1) is 0 Å². The van der Waals surface area contributed by atoms with Gasteiger partial charge in [0.05, 0.1) is 0 Å². The molecule has 2 nitrogen and oxygen atoms in total. The number of nitrogen functional groups attached to an aromatic ring is 1. The zero-order valence-electron chi connectivity index (χ0n) is 7.35. The van der Waals surface area contributed by atoms with E-state index in [1.54, 1.807) is 0 Å². The van der Waals surface area contributed by atoms with Crippen LogP contribution in [0.25, 0.3) is 0 Å². The van der Waals surface area contributed by atoms with E-state index in [9.17, 15) is 0 Å². The van der Waals surface area contributed by atoms with Crippen LogP contribution in [0.1, 0.15) is 17.9 Å². The molecule has 0 saturated carbocycles. The molecule has 1 aliphatic heterocycles. The Kier molecular flexibility index (Phi) is 2.13. The van der Waals surface area contributed by atoms with Gasteiger partial charge in [-0.1, -0.05) is 18.2 Å². The lowest BCUT2D eigenvalue weighted by Crippen LogP contribution is -1.99.